The third-order valence-corrected chi connectivity index (χ3v) is 7.98. The molecule has 0 radical (unpaired) electrons. The van der Waals surface area contributed by atoms with Crippen molar-refractivity contribution < 1.29 is 0 Å². The van der Waals surface area contributed by atoms with Gasteiger partial charge in [0.2, 0.25) is 0 Å². The highest BCUT2D eigenvalue weighted by Crippen LogP contribution is 2.50. The molecule has 2 heteroatoms. The Kier molecular flexibility index (Phi) is 4.38. The van der Waals surface area contributed by atoms with Gasteiger partial charge in [-0.15, -0.1) is 22.7 Å². The van der Waals surface area contributed by atoms with Gasteiger partial charge in [-0.3, -0.25) is 0 Å². The molecule has 0 atom stereocenters. The molecular formula is C27H24S2. The van der Waals surface area contributed by atoms with Crippen LogP contribution in [0.1, 0.15) is 45.2 Å². The fraction of sp³-hybridized carbons (Fsp3) is 0.185. The van der Waals surface area contributed by atoms with E-state index < -0.39 is 0 Å². The van der Waals surface area contributed by atoms with Crippen LogP contribution in [0, 0.1) is 13.8 Å². The molecule has 0 spiro atoms. The average Bonchev–Trinajstić information content (AvgIpc) is 3.39. The van der Waals surface area contributed by atoms with Crippen molar-refractivity contribution in [1.29, 1.82) is 0 Å². The van der Waals surface area contributed by atoms with Crippen LogP contribution < -0.4 is 0 Å². The summed E-state index contributed by atoms with van der Waals surface area (Å²) in [5, 5.41) is 0. The molecule has 29 heavy (non-hydrogen) atoms. The molecule has 2 aromatic carbocycles. The molecule has 0 nitrogen and oxygen atoms in total. The monoisotopic (exact) mass is 412 g/mol. The number of thiophene rings is 2. The molecule has 2 heterocycles. The van der Waals surface area contributed by atoms with Crippen LogP contribution in [0.2, 0.25) is 0 Å². The summed E-state index contributed by atoms with van der Waals surface area (Å²) in [6.07, 6.45) is 4.45. The highest BCUT2D eigenvalue weighted by atomic mass is 32.1. The first-order valence-corrected chi connectivity index (χ1v) is 11.7. The van der Waals surface area contributed by atoms with Crippen LogP contribution in [0.15, 0.2) is 60.7 Å². The number of hydrogen-bond donors (Lipinski definition) is 0. The van der Waals surface area contributed by atoms with Crippen LogP contribution >= 0.6 is 22.7 Å². The van der Waals surface area contributed by atoms with Gasteiger partial charge in [-0.1, -0.05) is 49.7 Å². The van der Waals surface area contributed by atoms with E-state index in [9.17, 15) is 0 Å². The summed E-state index contributed by atoms with van der Waals surface area (Å²) in [4.78, 5) is 5.29. The lowest BCUT2D eigenvalue weighted by molar-refractivity contribution is 0.660. The summed E-state index contributed by atoms with van der Waals surface area (Å²) in [5.74, 6) is 0. The second-order valence-electron chi connectivity index (χ2n) is 8.42. The summed E-state index contributed by atoms with van der Waals surface area (Å²) >= 11 is 3.70. The summed E-state index contributed by atoms with van der Waals surface area (Å²) < 4.78 is 0. The minimum absolute atomic E-state index is 0.0454. The molecule has 0 aliphatic heterocycles. The van der Waals surface area contributed by atoms with Crippen molar-refractivity contribution in [3.8, 4) is 21.6 Å². The van der Waals surface area contributed by atoms with Gasteiger partial charge in [0, 0.05) is 24.9 Å². The average molecular weight is 413 g/mol. The molecule has 0 bridgehead atoms. The maximum Gasteiger partial charge on any atom is 0.0349 e. The Bertz CT molecular complexity index is 1250. The Hall–Kier alpha value is -2.42. The number of aryl methyl sites for hydroxylation is 2. The Balaban J connectivity index is 1.49. The Morgan fingerprint density at radius 2 is 1.34 bits per heavy atom. The van der Waals surface area contributed by atoms with Gasteiger partial charge in [0.05, 0.1) is 0 Å². The van der Waals surface area contributed by atoms with Gasteiger partial charge in [-0.05, 0) is 84.1 Å². The van der Waals surface area contributed by atoms with Crippen LogP contribution in [-0.2, 0) is 5.41 Å². The van der Waals surface area contributed by atoms with Crippen molar-refractivity contribution in [3.63, 3.8) is 0 Å². The number of hydrogen-bond acceptors (Lipinski definition) is 2. The van der Waals surface area contributed by atoms with Crippen molar-refractivity contribution in [2.45, 2.75) is 33.1 Å². The highest BCUT2D eigenvalue weighted by molar-refractivity contribution is 7.16. The predicted molar refractivity (Wildman–Crippen MR) is 130 cm³/mol. The van der Waals surface area contributed by atoms with Crippen molar-refractivity contribution in [1.82, 2.24) is 0 Å². The first kappa shape index (κ1) is 18.6. The molecule has 0 N–H and O–H groups in total. The zero-order valence-electron chi connectivity index (χ0n) is 17.2. The maximum absolute atomic E-state index is 2.41. The van der Waals surface area contributed by atoms with E-state index >= 15 is 0 Å². The summed E-state index contributed by atoms with van der Waals surface area (Å²) in [6.45, 7) is 9.04. The normalized spacial score (nSPS) is 14.3. The van der Waals surface area contributed by atoms with Gasteiger partial charge in [-0.2, -0.15) is 0 Å². The summed E-state index contributed by atoms with van der Waals surface area (Å²) in [6, 6.07) is 22.7. The Morgan fingerprint density at radius 3 is 2.07 bits per heavy atom. The topological polar surface area (TPSA) is 0 Å². The largest absolute Gasteiger partial charge is 0.141 e. The van der Waals surface area contributed by atoms with E-state index in [4.69, 9.17) is 0 Å². The van der Waals surface area contributed by atoms with Crippen molar-refractivity contribution >= 4 is 34.8 Å². The number of benzene rings is 2. The summed E-state index contributed by atoms with van der Waals surface area (Å²) in [5.41, 5.74) is 8.37. The third kappa shape index (κ3) is 3.21. The van der Waals surface area contributed by atoms with E-state index in [1.54, 1.807) is 0 Å². The van der Waals surface area contributed by atoms with Crippen molar-refractivity contribution in [2.24, 2.45) is 0 Å². The minimum atomic E-state index is 0.0454. The number of fused-ring (bicyclic) bond motifs is 3. The SMILES string of the molecule is Cc1ccc2c(c1)C(C)(C)c1cc(-c3ccc(/C=C/c4ccc(C)s4)s3)ccc1-2. The quantitative estimate of drug-likeness (QED) is 0.316. The smallest absolute Gasteiger partial charge is 0.0349 e. The molecule has 0 saturated heterocycles. The van der Waals surface area contributed by atoms with E-state index in [0.29, 0.717) is 0 Å². The van der Waals surface area contributed by atoms with Crippen LogP contribution in [0.5, 0.6) is 0 Å². The van der Waals surface area contributed by atoms with Crippen LogP contribution in [-0.4, -0.2) is 0 Å². The van der Waals surface area contributed by atoms with Crippen LogP contribution in [0.3, 0.4) is 0 Å². The van der Waals surface area contributed by atoms with E-state index in [1.165, 1.54) is 52.9 Å². The lowest BCUT2D eigenvalue weighted by atomic mass is 9.81. The molecular weight excluding hydrogens is 388 g/mol. The molecule has 2 aromatic heterocycles. The molecule has 0 saturated carbocycles. The third-order valence-electron chi connectivity index (χ3n) is 5.92. The molecule has 4 aromatic rings. The van der Waals surface area contributed by atoms with Crippen LogP contribution in [0.4, 0.5) is 0 Å². The molecule has 144 valence electrons. The molecule has 0 unspecified atom stereocenters. The Morgan fingerprint density at radius 1 is 0.690 bits per heavy atom. The lowest BCUT2D eigenvalue weighted by Gasteiger charge is -2.22. The molecule has 1 aliphatic carbocycles. The van der Waals surface area contributed by atoms with Crippen molar-refractivity contribution in [2.75, 3.05) is 0 Å². The van der Waals surface area contributed by atoms with E-state index in [0.717, 1.165) is 0 Å². The zero-order chi connectivity index (χ0) is 20.2. The van der Waals surface area contributed by atoms with E-state index in [2.05, 4.69) is 101 Å². The minimum Gasteiger partial charge on any atom is -0.141 e. The van der Waals surface area contributed by atoms with Gasteiger partial charge in [0.15, 0.2) is 0 Å². The van der Waals surface area contributed by atoms with E-state index in [-0.39, 0.29) is 5.41 Å². The summed E-state index contributed by atoms with van der Waals surface area (Å²) in [7, 11) is 0. The molecule has 0 fully saturated rings. The Labute approximate surface area is 181 Å². The first-order chi connectivity index (χ1) is 13.9. The molecule has 1 aliphatic rings. The van der Waals surface area contributed by atoms with E-state index in [1.807, 2.05) is 22.7 Å². The lowest BCUT2D eigenvalue weighted by Crippen LogP contribution is -2.15. The second-order valence-corrected chi connectivity index (χ2v) is 10.9. The molecule has 5 rings (SSSR count). The fourth-order valence-corrected chi connectivity index (χ4v) is 6.00. The fourth-order valence-electron chi connectivity index (χ4n) is 4.31. The van der Waals surface area contributed by atoms with Crippen LogP contribution in [0.25, 0.3) is 33.7 Å². The first-order valence-electron chi connectivity index (χ1n) is 10.0. The van der Waals surface area contributed by atoms with Crippen molar-refractivity contribution in [3.05, 3.63) is 92.0 Å². The van der Waals surface area contributed by atoms with Gasteiger partial charge in [-0.25, -0.2) is 0 Å². The molecule has 0 amide bonds. The maximum atomic E-state index is 2.41. The number of rotatable bonds is 3. The standard InChI is InChI=1S/C27H24S2/c1-17-5-12-22-23-13-7-19(16-25(23)27(3,4)24(22)15-17)26-14-11-21(29-26)10-9-20-8-6-18(2)28-20/h5-16H,1-4H3/b10-9+. The predicted octanol–water partition coefficient (Wildman–Crippen LogP) is 8.57. The van der Waals surface area contributed by atoms with Gasteiger partial charge in [0.1, 0.15) is 0 Å². The second kappa shape index (κ2) is 6.83. The highest BCUT2D eigenvalue weighted by Gasteiger charge is 2.35. The van der Waals surface area contributed by atoms with Gasteiger partial charge < -0.3 is 0 Å². The van der Waals surface area contributed by atoms with Gasteiger partial charge in [0.25, 0.3) is 0 Å². The van der Waals surface area contributed by atoms with Gasteiger partial charge >= 0.3 is 0 Å². The zero-order valence-corrected chi connectivity index (χ0v) is 18.9.